The Kier molecular flexibility index (Phi) is 4.38. The first-order chi connectivity index (χ1) is 13.2. The zero-order valence-corrected chi connectivity index (χ0v) is 14.9. The lowest BCUT2D eigenvalue weighted by Gasteiger charge is -2.11. The number of nitrogens with one attached hydrogen (secondary N) is 1. The van der Waals surface area contributed by atoms with Crippen molar-refractivity contribution < 1.29 is 9.13 Å². The van der Waals surface area contributed by atoms with Gasteiger partial charge >= 0.3 is 0 Å². The molecule has 4 rings (SSSR count). The van der Waals surface area contributed by atoms with Crippen molar-refractivity contribution in [1.82, 2.24) is 15.0 Å². The van der Waals surface area contributed by atoms with Crippen molar-refractivity contribution in [2.24, 2.45) is 0 Å². The number of fused-ring (bicyclic) bond motifs is 1. The minimum atomic E-state index is -0.343. The maximum absolute atomic E-state index is 14.5. The summed E-state index contributed by atoms with van der Waals surface area (Å²) in [6, 6.07) is 14.2. The Morgan fingerprint density at radius 1 is 1.00 bits per heavy atom. The fraction of sp³-hybridized carbons (Fsp3) is 0.0952. The van der Waals surface area contributed by atoms with Crippen molar-refractivity contribution in [2.45, 2.75) is 0 Å². The standard InChI is InChI=1S/C21H17FN4O/c1-23-21-17-7-5-13(16-8-6-15(27-2)11-18(16)22)10-19(17)25-20(26-21)14-4-3-9-24-12-14/h3-12H,1-2H3,(H,23,25,26). The van der Waals surface area contributed by atoms with Gasteiger partial charge in [-0.15, -0.1) is 0 Å². The molecule has 0 aliphatic heterocycles. The first-order valence-corrected chi connectivity index (χ1v) is 8.43. The number of ether oxygens (including phenoxy) is 1. The molecule has 134 valence electrons. The summed E-state index contributed by atoms with van der Waals surface area (Å²) in [6.45, 7) is 0. The highest BCUT2D eigenvalue weighted by molar-refractivity contribution is 5.93. The number of aromatic nitrogens is 3. The van der Waals surface area contributed by atoms with Crippen LogP contribution in [0.4, 0.5) is 10.2 Å². The van der Waals surface area contributed by atoms with Gasteiger partial charge in [0, 0.05) is 42.0 Å². The summed E-state index contributed by atoms with van der Waals surface area (Å²) in [7, 11) is 3.33. The number of hydrogen-bond donors (Lipinski definition) is 1. The van der Waals surface area contributed by atoms with E-state index in [-0.39, 0.29) is 5.82 Å². The van der Waals surface area contributed by atoms with Crippen LogP contribution in [0.5, 0.6) is 5.75 Å². The van der Waals surface area contributed by atoms with Gasteiger partial charge in [0.25, 0.3) is 0 Å². The molecule has 0 saturated carbocycles. The van der Waals surface area contributed by atoms with Gasteiger partial charge in [0.1, 0.15) is 17.4 Å². The van der Waals surface area contributed by atoms with Gasteiger partial charge in [0.2, 0.25) is 0 Å². The van der Waals surface area contributed by atoms with E-state index in [4.69, 9.17) is 4.74 Å². The first kappa shape index (κ1) is 16.9. The van der Waals surface area contributed by atoms with Crippen LogP contribution in [0.3, 0.4) is 0 Å². The highest BCUT2D eigenvalue weighted by atomic mass is 19.1. The van der Waals surface area contributed by atoms with Crippen molar-refractivity contribution in [3.63, 3.8) is 0 Å². The molecule has 2 heterocycles. The second kappa shape index (κ2) is 6.99. The van der Waals surface area contributed by atoms with Crippen LogP contribution in [0.1, 0.15) is 0 Å². The van der Waals surface area contributed by atoms with Gasteiger partial charge in [-0.1, -0.05) is 6.07 Å². The quantitative estimate of drug-likeness (QED) is 0.579. The summed E-state index contributed by atoms with van der Waals surface area (Å²) in [4.78, 5) is 13.4. The van der Waals surface area contributed by atoms with Crippen molar-refractivity contribution in [3.8, 4) is 28.3 Å². The molecule has 0 spiro atoms. The topological polar surface area (TPSA) is 59.9 Å². The molecule has 5 nitrogen and oxygen atoms in total. The zero-order valence-electron chi connectivity index (χ0n) is 14.9. The smallest absolute Gasteiger partial charge is 0.163 e. The molecule has 2 aromatic carbocycles. The molecule has 0 saturated heterocycles. The second-order valence-corrected chi connectivity index (χ2v) is 5.97. The third-order valence-corrected chi connectivity index (χ3v) is 4.34. The van der Waals surface area contributed by atoms with Crippen LogP contribution in [-0.4, -0.2) is 29.1 Å². The van der Waals surface area contributed by atoms with Crippen molar-refractivity contribution in [1.29, 1.82) is 0 Å². The minimum absolute atomic E-state index is 0.343. The second-order valence-electron chi connectivity index (χ2n) is 5.97. The Morgan fingerprint density at radius 3 is 2.59 bits per heavy atom. The third kappa shape index (κ3) is 3.17. The molecule has 0 unspecified atom stereocenters. The van der Waals surface area contributed by atoms with Gasteiger partial charge in [0.15, 0.2) is 5.82 Å². The fourth-order valence-electron chi connectivity index (χ4n) is 2.97. The Bertz CT molecular complexity index is 1120. The predicted octanol–water partition coefficient (Wildman–Crippen LogP) is 4.55. The van der Waals surface area contributed by atoms with Gasteiger partial charge in [-0.2, -0.15) is 0 Å². The van der Waals surface area contributed by atoms with Crippen molar-refractivity contribution in [3.05, 3.63) is 66.7 Å². The van der Waals surface area contributed by atoms with Gasteiger partial charge < -0.3 is 10.1 Å². The van der Waals surface area contributed by atoms with Gasteiger partial charge in [0.05, 0.1) is 12.6 Å². The number of hydrogen-bond acceptors (Lipinski definition) is 5. The average molecular weight is 360 g/mol. The van der Waals surface area contributed by atoms with E-state index in [0.29, 0.717) is 23.0 Å². The number of nitrogens with zero attached hydrogens (tertiary/aromatic N) is 3. The highest BCUT2D eigenvalue weighted by Gasteiger charge is 2.12. The molecule has 2 aromatic heterocycles. The maximum atomic E-state index is 14.5. The van der Waals surface area contributed by atoms with E-state index >= 15 is 0 Å². The molecular formula is C21H17FN4O. The number of benzene rings is 2. The van der Waals surface area contributed by atoms with Crippen LogP contribution >= 0.6 is 0 Å². The molecule has 0 bridgehead atoms. The number of methoxy groups -OCH3 is 1. The molecule has 0 aliphatic carbocycles. The molecule has 27 heavy (non-hydrogen) atoms. The van der Waals surface area contributed by atoms with E-state index in [1.165, 1.54) is 13.2 Å². The lowest BCUT2D eigenvalue weighted by atomic mass is 10.0. The highest BCUT2D eigenvalue weighted by Crippen LogP contribution is 2.31. The molecular weight excluding hydrogens is 343 g/mol. The number of pyridine rings is 1. The van der Waals surface area contributed by atoms with Crippen molar-refractivity contribution in [2.75, 3.05) is 19.5 Å². The average Bonchev–Trinajstić information content (AvgIpc) is 2.73. The van der Waals surface area contributed by atoms with Crippen LogP contribution in [0.15, 0.2) is 60.9 Å². The minimum Gasteiger partial charge on any atom is -0.497 e. The molecule has 0 amide bonds. The summed E-state index contributed by atoms with van der Waals surface area (Å²) in [5, 5.41) is 3.97. The van der Waals surface area contributed by atoms with Crippen molar-refractivity contribution >= 4 is 16.7 Å². The Labute approximate surface area is 155 Å². The summed E-state index contributed by atoms with van der Waals surface area (Å²) >= 11 is 0. The van der Waals surface area contributed by atoms with Crippen LogP contribution in [0.2, 0.25) is 0 Å². The zero-order chi connectivity index (χ0) is 18.8. The van der Waals surface area contributed by atoms with Gasteiger partial charge in [-0.05, 0) is 42.0 Å². The Hall–Kier alpha value is -3.54. The molecule has 0 aliphatic rings. The summed E-state index contributed by atoms with van der Waals surface area (Å²) in [5.74, 6) is 1.41. The van der Waals surface area contributed by atoms with Crippen LogP contribution < -0.4 is 10.1 Å². The van der Waals surface area contributed by atoms with Gasteiger partial charge in [-0.3, -0.25) is 4.98 Å². The Balaban J connectivity index is 1.88. The summed E-state index contributed by atoms with van der Waals surface area (Å²) in [5.41, 5.74) is 2.77. The predicted molar refractivity (Wildman–Crippen MR) is 104 cm³/mol. The summed E-state index contributed by atoms with van der Waals surface area (Å²) in [6.07, 6.45) is 3.42. The molecule has 1 N–H and O–H groups in total. The van der Waals surface area contributed by atoms with E-state index in [0.717, 1.165) is 22.0 Å². The number of halogens is 1. The van der Waals surface area contributed by atoms with Gasteiger partial charge in [-0.25, -0.2) is 14.4 Å². The number of rotatable bonds is 4. The SMILES string of the molecule is CNc1nc(-c2cccnc2)nc2cc(-c3ccc(OC)cc3F)ccc12. The van der Waals surface area contributed by atoms with E-state index in [9.17, 15) is 4.39 Å². The lowest BCUT2D eigenvalue weighted by Crippen LogP contribution is -1.99. The molecule has 0 fully saturated rings. The van der Waals surface area contributed by atoms with E-state index < -0.39 is 0 Å². The molecule has 0 atom stereocenters. The van der Waals surface area contributed by atoms with E-state index in [2.05, 4.69) is 20.3 Å². The van der Waals surface area contributed by atoms with Crippen LogP contribution in [-0.2, 0) is 0 Å². The first-order valence-electron chi connectivity index (χ1n) is 8.43. The normalized spacial score (nSPS) is 10.8. The lowest BCUT2D eigenvalue weighted by molar-refractivity contribution is 0.411. The fourth-order valence-corrected chi connectivity index (χ4v) is 2.97. The monoisotopic (exact) mass is 360 g/mol. The van der Waals surface area contributed by atoms with E-state index in [1.807, 2.05) is 37.4 Å². The Morgan fingerprint density at radius 2 is 1.89 bits per heavy atom. The molecule has 4 aromatic rings. The number of anilines is 1. The molecule has 0 radical (unpaired) electrons. The molecule has 6 heteroatoms. The van der Waals surface area contributed by atoms with Crippen LogP contribution in [0.25, 0.3) is 33.4 Å². The largest absolute Gasteiger partial charge is 0.497 e. The van der Waals surface area contributed by atoms with Crippen LogP contribution in [0, 0.1) is 5.82 Å². The van der Waals surface area contributed by atoms with E-state index in [1.54, 1.807) is 24.5 Å². The third-order valence-electron chi connectivity index (χ3n) is 4.34. The summed E-state index contributed by atoms with van der Waals surface area (Å²) < 4.78 is 19.6. The maximum Gasteiger partial charge on any atom is 0.163 e.